The second-order valence-electron chi connectivity index (χ2n) is 8.15. The van der Waals surface area contributed by atoms with Gasteiger partial charge in [-0.2, -0.15) is 18.2 Å². The maximum Gasteiger partial charge on any atom is 0.471 e. The first-order chi connectivity index (χ1) is 16.0. The van der Waals surface area contributed by atoms with Gasteiger partial charge in [-0.05, 0) is 37.0 Å². The highest BCUT2D eigenvalue weighted by Crippen LogP contribution is 2.38. The molecule has 34 heavy (non-hydrogen) atoms. The highest BCUT2D eigenvalue weighted by atomic mass is 19.4. The zero-order chi connectivity index (χ0) is 24.7. The number of aromatic nitrogens is 2. The van der Waals surface area contributed by atoms with E-state index in [-0.39, 0.29) is 18.4 Å². The molecule has 2 N–H and O–H groups in total. The molecule has 0 unspecified atom stereocenters. The van der Waals surface area contributed by atoms with Gasteiger partial charge in [0, 0.05) is 18.1 Å². The number of halogens is 4. The molecule has 2 amide bonds. The maximum atomic E-state index is 15.0. The summed E-state index contributed by atoms with van der Waals surface area (Å²) < 4.78 is 57.7. The van der Waals surface area contributed by atoms with Crippen molar-refractivity contribution in [3.63, 3.8) is 0 Å². The maximum absolute atomic E-state index is 15.0. The summed E-state index contributed by atoms with van der Waals surface area (Å²) in [5.74, 6) is -2.85. The van der Waals surface area contributed by atoms with Gasteiger partial charge in [-0.25, -0.2) is 4.39 Å². The first-order valence-corrected chi connectivity index (χ1v) is 10.4. The zero-order valence-electron chi connectivity index (χ0n) is 18.2. The zero-order valence-corrected chi connectivity index (χ0v) is 18.2. The van der Waals surface area contributed by atoms with Gasteiger partial charge in [0.2, 0.25) is 17.6 Å². The number of hydrogen-bond acceptors (Lipinski definition) is 5. The fourth-order valence-electron chi connectivity index (χ4n) is 3.62. The van der Waals surface area contributed by atoms with Crippen LogP contribution < -0.4 is 10.6 Å². The van der Waals surface area contributed by atoms with E-state index < -0.39 is 35.4 Å². The van der Waals surface area contributed by atoms with E-state index in [1.807, 2.05) is 0 Å². The lowest BCUT2D eigenvalue weighted by Gasteiger charge is -2.22. The summed E-state index contributed by atoms with van der Waals surface area (Å²) in [4.78, 5) is 28.0. The lowest BCUT2D eigenvalue weighted by molar-refractivity contribution is -0.175. The van der Waals surface area contributed by atoms with Crippen molar-refractivity contribution in [2.75, 3.05) is 0 Å². The van der Waals surface area contributed by atoms with E-state index in [1.165, 1.54) is 19.1 Å². The smallest absolute Gasteiger partial charge is 0.347 e. The molecule has 11 heteroatoms. The summed E-state index contributed by atoms with van der Waals surface area (Å²) >= 11 is 0. The molecule has 0 spiro atoms. The summed E-state index contributed by atoms with van der Waals surface area (Å²) in [5, 5.41) is 8.16. The highest BCUT2D eigenvalue weighted by Gasteiger charge is 2.55. The first-order valence-electron chi connectivity index (χ1n) is 10.4. The molecule has 0 radical (unpaired) electrons. The Hall–Kier alpha value is -3.76. The van der Waals surface area contributed by atoms with E-state index in [1.54, 1.807) is 42.6 Å². The Labute approximate surface area is 191 Å². The molecule has 0 aliphatic heterocycles. The fourth-order valence-corrected chi connectivity index (χ4v) is 3.62. The van der Waals surface area contributed by atoms with Crippen molar-refractivity contribution in [1.29, 1.82) is 0 Å². The molecule has 2 aromatic carbocycles. The Morgan fingerprint density at radius 2 is 1.79 bits per heavy atom. The molecule has 1 heterocycles. The van der Waals surface area contributed by atoms with E-state index in [9.17, 15) is 22.8 Å². The van der Waals surface area contributed by atoms with Crippen molar-refractivity contribution in [2.24, 2.45) is 0 Å². The number of nitrogens with zero attached hydrogens (tertiary/aromatic N) is 2. The second-order valence-corrected chi connectivity index (χ2v) is 8.15. The van der Waals surface area contributed by atoms with Crippen LogP contribution in [0, 0.1) is 12.7 Å². The number of hydrogen-bond donors (Lipinski definition) is 2. The Morgan fingerprint density at radius 3 is 2.35 bits per heavy atom. The van der Waals surface area contributed by atoms with Crippen LogP contribution in [0.15, 0.2) is 47.0 Å². The molecule has 1 fully saturated rings. The van der Waals surface area contributed by atoms with Crippen LogP contribution >= 0.6 is 0 Å². The van der Waals surface area contributed by atoms with Crippen molar-refractivity contribution in [1.82, 2.24) is 20.8 Å². The predicted molar refractivity (Wildman–Crippen MR) is 113 cm³/mol. The SMILES string of the molecule is Cc1nc(-c2ccccc2-c2ccc([C@@H](C)NC(=O)C3(NC(=O)C(F)(F)F)CC3)c(F)c2)no1. The minimum absolute atomic E-state index is 0.0706. The number of amides is 2. The predicted octanol–water partition coefficient (Wildman–Crippen LogP) is 4.24. The summed E-state index contributed by atoms with van der Waals surface area (Å²) in [6, 6.07) is 10.7. The molecule has 7 nitrogen and oxygen atoms in total. The lowest BCUT2D eigenvalue weighted by atomic mass is 9.96. The Balaban J connectivity index is 1.52. The normalized spacial score (nSPS) is 15.5. The third-order valence-electron chi connectivity index (χ3n) is 5.62. The Kier molecular flexibility index (Phi) is 5.88. The van der Waals surface area contributed by atoms with Crippen molar-refractivity contribution >= 4 is 11.8 Å². The van der Waals surface area contributed by atoms with Crippen LogP contribution in [0.5, 0.6) is 0 Å². The van der Waals surface area contributed by atoms with E-state index >= 15 is 4.39 Å². The molecule has 1 saturated carbocycles. The Bertz CT molecular complexity index is 1250. The average Bonchev–Trinajstić information content (AvgIpc) is 3.44. The summed E-state index contributed by atoms with van der Waals surface area (Å²) in [6.45, 7) is 3.16. The highest BCUT2D eigenvalue weighted by molar-refractivity contribution is 5.95. The van der Waals surface area contributed by atoms with E-state index in [4.69, 9.17) is 4.52 Å². The van der Waals surface area contributed by atoms with Gasteiger partial charge in [0.05, 0.1) is 6.04 Å². The van der Waals surface area contributed by atoms with Crippen molar-refractivity contribution in [3.8, 4) is 22.5 Å². The van der Waals surface area contributed by atoms with Gasteiger partial charge in [0.15, 0.2) is 0 Å². The fraction of sp³-hybridized carbons (Fsp3) is 0.304. The van der Waals surface area contributed by atoms with Crippen LogP contribution in [0.1, 0.15) is 37.3 Å². The third-order valence-corrected chi connectivity index (χ3v) is 5.62. The van der Waals surface area contributed by atoms with Crippen molar-refractivity contribution < 1.29 is 31.7 Å². The summed E-state index contributed by atoms with van der Waals surface area (Å²) in [6.07, 6.45) is -4.96. The average molecular weight is 476 g/mol. The summed E-state index contributed by atoms with van der Waals surface area (Å²) in [7, 11) is 0. The van der Waals surface area contributed by atoms with Gasteiger partial charge in [-0.1, -0.05) is 41.6 Å². The van der Waals surface area contributed by atoms with Gasteiger partial charge in [0.25, 0.3) is 0 Å². The molecule has 1 aromatic heterocycles. The second kappa shape index (κ2) is 8.54. The van der Waals surface area contributed by atoms with Gasteiger partial charge in [-0.3, -0.25) is 9.59 Å². The monoisotopic (exact) mass is 476 g/mol. The molecule has 178 valence electrons. The molecular formula is C23H20F4N4O3. The molecule has 1 aliphatic rings. The number of alkyl halides is 3. The largest absolute Gasteiger partial charge is 0.471 e. The minimum Gasteiger partial charge on any atom is -0.347 e. The standard InChI is InChI=1S/C23H20F4N4O3/c1-12(28-20(32)22(9-10-22)30-21(33)23(25,26)27)15-8-7-14(11-18(15)24)16-5-3-4-6-17(16)19-29-13(2)34-31-19/h3-8,11-12H,9-10H2,1-2H3,(H,28,32)(H,30,33)/t12-/m1/s1. The van der Waals surface area contributed by atoms with Gasteiger partial charge < -0.3 is 15.2 Å². The van der Waals surface area contributed by atoms with Crippen LogP contribution in [0.4, 0.5) is 17.6 Å². The summed E-state index contributed by atoms with van der Waals surface area (Å²) in [5.41, 5.74) is 0.358. The molecule has 4 rings (SSSR count). The molecule has 1 atom stereocenters. The number of carbonyl (C=O) groups is 2. The van der Waals surface area contributed by atoms with E-state index in [0.29, 0.717) is 28.4 Å². The number of nitrogens with one attached hydrogen (secondary N) is 2. The van der Waals surface area contributed by atoms with Gasteiger partial charge in [0.1, 0.15) is 11.4 Å². The number of rotatable bonds is 6. The van der Waals surface area contributed by atoms with Crippen molar-refractivity contribution in [2.45, 2.75) is 44.4 Å². The topological polar surface area (TPSA) is 97.1 Å². The van der Waals surface area contributed by atoms with E-state index in [2.05, 4.69) is 15.5 Å². The van der Waals surface area contributed by atoms with Gasteiger partial charge >= 0.3 is 12.1 Å². The Morgan fingerprint density at radius 1 is 1.12 bits per heavy atom. The number of aryl methyl sites for hydroxylation is 1. The lowest BCUT2D eigenvalue weighted by Crippen LogP contribution is -2.53. The molecule has 3 aromatic rings. The molecule has 0 bridgehead atoms. The third kappa shape index (κ3) is 4.63. The number of benzene rings is 2. The van der Waals surface area contributed by atoms with Gasteiger partial charge in [-0.15, -0.1) is 0 Å². The molecule has 0 saturated heterocycles. The minimum atomic E-state index is -5.10. The first kappa shape index (κ1) is 23.4. The van der Waals surface area contributed by atoms with E-state index in [0.717, 1.165) is 0 Å². The van der Waals surface area contributed by atoms with Crippen LogP contribution in [-0.4, -0.2) is 33.7 Å². The van der Waals surface area contributed by atoms with Crippen LogP contribution in [0.3, 0.4) is 0 Å². The van der Waals surface area contributed by atoms with Crippen molar-refractivity contribution in [3.05, 3.63) is 59.7 Å². The number of carbonyl (C=O) groups excluding carboxylic acids is 2. The molecular weight excluding hydrogens is 456 g/mol. The molecule has 1 aliphatic carbocycles. The van der Waals surface area contributed by atoms with Crippen LogP contribution in [0.25, 0.3) is 22.5 Å². The van der Waals surface area contributed by atoms with Crippen LogP contribution in [-0.2, 0) is 9.59 Å². The van der Waals surface area contributed by atoms with Crippen LogP contribution in [0.2, 0.25) is 0 Å². The quantitative estimate of drug-likeness (QED) is 0.519.